The second-order valence-corrected chi connectivity index (χ2v) is 5.21. The van der Waals surface area contributed by atoms with Gasteiger partial charge in [0.05, 0.1) is 18.2 Å². The summed E-state index contributed by atoms with van der Waals surface area (Å²) in [6.07, 6.45) is 0.777. The molecule has 0 spiro atoms. The number of benzene rings is 1. The number of amides is 2. The number of hydrogen-bond acceptors (Lipinski definition) is 3. The molecule has 0 aromatic heterocycles. The van der Waals surface area contributed by atoms with Gasteiger partial charge in [-0.3, -0.25) is 14.5 Å². The van der Waals surface area contributed by atoms with Gasteiger partial charge in [0.1, 0.15) is 0 Å². The van der Waals surface area contributed by atoms with Crippen molar-refractivity contribution < 1.29 is 9.59 Å². The zero-order chi connectivity index (χ0) is 14.0. The van der Waals surface area contributed by atoms with E-state index < -0.39 is 0 Å². The van der Waals surface area contributed by atoms with E-state index in [0.717, 1.165) is 0 Å². The Morgan fingerprint density at radius 2 is 2.00 bits per heavy atom. The van der Waals surface area contributed by atoms with Crippen LogP contribution in [0.15, 0.2) is 18.2 Å². The van der Waals surface area contributed by atoms with Gasteiger partial charge in [-0.05, 0) is 23.6 Å². The van der Waals surface area contributed by atoms with Gasteiger partial charge in [0.15, 0.2) is 0 Å². The van der Waals surface area contributed by atoms with Crippen molar-refractivity contribution in [2.24, 2.45) is 5.92 Å². The van der Waals surface area contributed by atoms with Crippen molar-refractivity contribution in [2.75, 3.05) is 0 Å². The summed E-state index contributed by atoms with van der Waals surface area (Å²) in [7, 11) is 0. The van der Waals surface area contributed by atoms with E-state index in [1.165, 1.54) is 4.90 Å². The second kappa shape index (κ2) is 5.41. The fourth-order valence-electron chi connectivity index (χ4n) is 2.12. The molecule has 1 saturated heterocycles. The molecule has 0 atom stereocenters. The van der Waals surface area contributed by atoms with Crippen LogP contribution < -0.4 is 0 Å². The maximum absolute atomic E-state index is 11.9. The van der Waals surface area contributed by atoms with Crippen LogP contribution in [0.25, 0.3) is 0 Å². The number of likely N-dealkylation sites (tertiary alicyclic amines) is 1. The molecule has 1 aliphatic heterocycles. The number of imide groups is 1. The summed E-state index contributed by atoms with van der Waals surface area (Å²) in [6.45, 7) is 2.07. The van der Waals surface area contributed by atoms with Crippen molar-refractivity contribution in [3.63, 3.8) is 0 Å². The molecule has 4 nitrogen and oxygen atoms in total. The van der Waals surface area contributed by atoms with E-state index in [9.17, 15) is 9.59 Å². The van der Waals surface area contributed by atoms with Crippen molar-refractivity contribution in [2.45, 2.75) is 26.3 Å². The fourth-order valence-corrected chi connectivity index (χ4v) is 2.36. The van der Waals surface area contributed by atoms with Crippen LogP contribution in [-0.2, 0) is 16.1 Å². The Kier molecular flexibility index (Phi) is 3.87. The lowest BCUT2D eigenvalue weighted by Gasteiger charge is -2.28. The minimum atomic E-state index is -0.163. The molecule has 0 unspecified atom stereocenters. The maximum Gasteiger partial charge on any atom is 0.229 e. The van der Waals surface area contributed by atoms with Crippen LogP contribution >= 0.6 is 11.6 Å². The summed E-state index contributed by atoms with van der Waals surface area (Å²) in [4.78, 5) is 25.0. The summed E-state index contributed by atoms with van der Waals surface area (Å²) >= 11 is 6.05. The van der Waals surface area contributed by atoms with Crippen LogP contribution in [0.5, 0.6) is 0 Å². The average molecular weight is 277 g/mol. The summed E-state index contributed by atoms with van der Waals surface area (Å²) in [5.74, 6) is -0.221. The SMILES string of the molecule is CC1CC(=O)N(Cc2ccc(C#N)cc2Cl)C(=O)C1. The first-order chi connectivity index (χ1) is 9.01. The number of rotatable bonds is 2. The molecule has 0 saturated carbocycles. The van der Waals surface area contributed by atoms with Crippen LogP contribution in [0.4, 0.5) is 0 Å². The maximum atomic E-state index is 11.9. The predicted molar refractivity (Wildman–Crippen MR) is 70.1 cm³/mol. The highest BCUT2D eigenvalue weighted by molar-refractivity contribution is 6.31. The summed E-state index contributed by atoms with van der Waals surface area (Å²) in [6, 6.07) is 6.84. The van der Waals surface area contributed by atoms with Gasteiger partial charge in [0, 0.05) is 17.9 Å². The Balaban J connectivity index is 2.19. The molecule has 0 bridgehead atoms. The summed E-state index contributed by atoms with van der Waals surface area (Å²) in [5.41, 5.74) is 1.13. The normalized spacial score (nSPS) is 16.6. The lowest BCUT2D eigenvalue weighted by atomic mass is 9.97. The van der Waals surface area contributed by atoms with Gasteiger partial charge in [-0.15, -0.1) is 0 Å². The third-order valence-electron chi connectivity index (χ3n) is 3.16. The molecular formula is C14H13ClN2O2. The van der Waals surface area contributed by atoms with Gasteiger partial charge < -0.3 is 0 Å². The number of carbonyl (C=O) groups excluding carboxylic acids is 2. The van der Waals surface area contributed by atoms with Crippen molar-refractivity contribution >= 4 is 23.4 Å². The van der Waals surface area contributed by atoms with Crippen molar-refractivity contribution in [3.05, 3.63) is 34.3 Å². The van der Waals surface area contributed by atoms with Crippen molar-refractivity contribution in [1.82, 2.24) is 4.90 Å². The molecule has 1 aliphatic rings. The van der Waals surface area contributed by atoms with Gasteiger partial charge >= 0.3 is 0 Å². The molecule has 0 radical (unpaired) electrons. The highest BCUT2D eigenvalue weighted by Crippen LogP contribution is 2.24. The first-order valence-corrected chi connectivity index (χ1v) is 6.40. The minimum Gasteiger partial charge on any atom is -0.278 e. The molecule has 2 rings (SSSR count). The smallest absolute Gasteiger partial charge is 0.229 e. The van der Waals surface area contributed by atoms with E-state index in [1.54, 1.807) is 18.2 Å². The Labute approximate surface area is 116 Å². The standard InChI is InChI=1S/C14H13ClN2O2/c1-9-4-13(18)17(14(19)5-9)8-11-3-2-10(7-16)6-12(11)15/h2-3,6,9H,4-5,8H2,1H3. The van der Waals surface area contributed by atoms with E-state index in [-0.39, 0.29) is 24.3 Å². The number of nitriles is 1. The van der Waals surface area contributed by atoms with E-state index in [0.29, 0.717) is 29.0 Å². The molecule has 0 N–H and O–H groups in total. The number of carbonyl (C=O) groups is 2. The quantitative estimate of drug-likeness (QED) is 0.780. The van der Waals surface area contributed by atoms with Crippen LogP contribution in [-0.4, -0.2) is 16.7 Å². The Morgan fingerprint density at radius 3 is 2.53 bits per heavy atom. The monoisotopic (exact) mass is 276 g/mol. The summed E-state index contributed by atoms with van der Waals surface area (Å²) < 4.78 is 0. The molecule has 2 amide bonds. The van der Waals surface area contributed by atoms with Crippen molar-refractivity contribution in [1.29, 1.82) is 5.26 Å². The van der Waals surface area contributed by atoms with E-state index in [1.807, 2.05) is 13.0 Å². The van der Waals surface area contributed by atoms with Crippen LogP contribution in [0.2, 0.25) is 5.02 Å². The highest BCUT2D eigenvalue weighted by Gasteiger charge is 2.30. The third kappa shape index (κ3) is 2.94. The van der Waals surface area contributed by atoms with Gasteiger partial charge in [-0.2, -0.15) is 5.26 Å². The Morgan fingerprint density at radius 1 is 1.37 bits per heavy atom. The average Bonchev–Trinajstić information content (AvgIpc) is 2.35. The van der Waals surface area contributed by atoms with Gasteiger partial charge in [0.25, 0.3) is 0 Å². The third-order valence-corrected chi connectivity index (χ3v) is 3.51. The second-order valence-electron chi connectivity index (χ2n) is 4.81. The highest BCUT2D eigenvalue weighted by atomic mass is 35.5. The minimum absolute atomic E-state index is 0.104. The molecule has 19 heavy (non-hydrogen) atoms. The van der Waals surface area contributed by atoms with Gasteiger partial charge in [-0.25, -0.2) is 0 Å². The lowest BCUT2D eigenvalue weighted by Crippen LogP contribution is -2.42. The molecule has 1 heterocycles. The van der Waals surface area contributed by atoms with Gasteiger partial charge in [0.2, 0.25) is 11.8 Å². The number of halogens is 1. The topological polar surface area (TPSA) is 61.2 Å². The largest absolute Gasteiger partial charge is 0.278 e. The van der Waals surface area contributed by atoms with Crippen LogP contribution in [0.3, 0.4) is 0 Å². The fraction of sp³-hybridized carbons (Fsp3) is 0.357. The van der Waals surface area contributed by atoms with Crippen LogP contribution in [0.1, 0.15) is 30.9 Å². The molecule has 1 fully saturated rings. The van der Waals surface area contributed by atoms with E-state index in [2.05, 4.69) is 0 Å². The first kappa shape index (κ1) is 13.6. The van der Waals surface area contributed by atoms with E-state index >= 15 is 0 Å². The molecule has 0 aliphatic carbocycles. The van der Waals surface area contributed by atoms with E-state index in [4.69, 9.17) is 16.9 Å². The zero-order valence-corrected chi connectivity index (χ0v) is 11.3. The molecular weight excluding hydrogens is 264 g/mol. The molecule has 1 aromatic rings. The molecule has 5 heteroatoms. The lowest BCUT2D eigenvalue weighted by molar-refractivity contribution is -0.150. The van der Waals surface area contributed by atoms with Crippen molar-refractivity contribution in [3.8, 4) is 6.07 Å². The summed E-state index contributed by atoms with van der Waals surface area (Å²) in [5, 5.41) is 9.16. The number of piperidine rings is 1. The first-order valence-electron chi connectivity index (χ1n) is 6.03. The number of hydrogen-bond donors (Lipinski definition) is 0. The number of nitrogens with zero attached hydrogens (tertiary/aromatic N) is 2. The zero-order valence-electron chi connectivity index (χ0n) is 10.5. The molecule has 1 aromatic carbocycles. The van der Waals surface area contributed by atoms with Gasteiger partial charge in [-0.1, -0.05) is 24.6 Å². The Hall–Kier alpha value is -1.86. The Bertz CT molecular complexity index is 559. The predicted octanol–water partition coefficient (Wildman–Crippen LogP) is 2.50. The van der Waals surface area contributed by atoms with Crippen LogP contribution in [0, 0.1) is 17.2 Å². The molecule has 98 valence electrons.